The van der Waals surface area contributed by atoms with Gasteiger partial charge < -0.3 is 10.0 Å². The molecule has 104 valence electrons. The molecular formula is C12H16FN3O3. The van der Waals surface area contributed by atoms with Gasteiger partial charge in [-0.1, -0.05) is 0 Å². The number of rotatable bonds is 4. The van der Waals surface area contributed by atoms with Crippen LogP contribution in [0.3, 0.4) is 0 Å². The number of non-ortho nitro benzene ring substituents is 1. The van der Waals surface area contributed by atoms with Gasteiger partial charge >= 0.3 is 0 Å². The van der Waals surface area contributed by atoms with E-state index in [9.17, 15) is 14.5 Å². The van der Waals surface area contributed by atoms with E-state index in [1.54, 1.807) is 0 Å². The minimum absolute atomic E-state index is 0.117. The summed E-state index contributed by atoms with van der Waals surface area (Å²) in [4.78, 5) is 14.1. The zero-order valence-corrected chi connectivity index (χ0v) is 10.5. The lowest BCUT2D eigenvalue weighted by Crippen LogP contribution is -2.47. The number of hydrogen-bond donors (Lipinski definition) is 1. The van der Waals surface area contributed by atoms with Crippen molar-refractivity contribution in [2.75, 3.05) is 44.2 Å². The standard InChI is InChI=1S/C12H16FN3O3/c13-10-7-11(9-12(8-10)16(18)19)15-3-1-14(2-4-15)5-6-17/h7-9,17H,1-6H2. The number of aliphatic hydroxyl groups is 1. The van der Waals surface area contributed by atoms with E-state index in [2.05, 4.69) is 4.90 Å². The molecule has 1 aromatic rings. The van der Waals surface area contributed by atoms with Crippen molar-refractivity contribution < 1.29 is 14.4 Å². The molecule has 0 saturated carbocycles. The molecule has 0 spiro atoms. The lowest BCUT2D eigenvalue weighted by Gasteiger charge is -2.35. The third-order valence-electron chi connectivity index (χ3n) is 3.23. The predicted octanol–water partition coefficient (Wildman–Crippen LogP) is 0.848. The van der Waals surface area contributed by atoms with E-state index in [1.165, 1.54) is 12.1 Å². The molecule has 0 aromatic heterocycles. The number of nitro benzene ring substituents is 1. The molecule has 7 heteroatoms. The van der Waals surface area contributed by atoms with Crippen molar-refractivity contribution in [3.8, 4) is 0 Å². The molecule has 0 aliphatic carbocycles. The van der Waals surface area contributed by atoms with E-state index < -0.39 is 10.7 Å². The summed E-state index contributed by atoms with van der Waals surface area (Å²) in [5.74, 6) is -0.595. The number of halogens is 1. The summed E-state index contributed by atoms with van der Waals surface area (Å²) in [6, 6.07) is 3.63. The molecule has 1 aliphatic heterocycles. The second-order valence-corrected chi connectivity index (χ2v) is 4.48. The van der Waals surface area contributed by atoms with Gasteiger partial charge in [-0.2, -0.15) is 0 Å². The van der Waals surface area contributed by atoms with E-state index >= 15 is 0 Å². The van der Waals surface area contributed by atoms with Gasteiger partial charge in [0.25, 0.3) is 5.69 Å². The second kappa shape index (κ2) is 5.94. The van der Waals surface area contributed by atoms with Gasteiger partial charge in [0.15, 0.2) is 0 Å². The fourth-order valence-corrected chi connectivity index (χ4v) is 2.22. The van der Waals surface area contributed by atoms with Crippen LogP contribution in [0.5, 0.6) is 0 Å². The number of nitro groups is 1. The Hall–Kier alpha value is -1.73. The topological polar surface area (TPSA) is 69.9 Å². The van der Waals surface area contributed by atoms with Crippen molar-refractivity contribution in [3.63, 3.8) is 0 Å². The molecule has 6 nitrogen and oxygen atoms in total. The molecule has 1 heterocycles. The Morgan fingerprint density at radius 3 is 2.53 bits per heavy atom. The first-order valence-electron chi connectivity index (χ1n) is 6.13. The molecule has 1 saturated heterocycles. The van der Waals surface area contributed by atoms with Crippen molar-refractivity contribution in [2.45, 2.75) is 0 Å². The zero-order valence-electron chi connectivity index (χ0n) is 10.5. The molecular weight excluding hydrogens is 253 g/mol. The Bertz CT molecular complexity index is 462. The zero-order chi connectivity index (χ0) is 13.8. The third kappa shape index (κ3) is 3.39. The van der Waals surface area contributed by atoms with Gasteiger partial charge in [0.05, 0.1) is 17.6 Å². The van der Waals surface area contributed by atoms with Crippen LogP contribution in [-0.2, 0) is 0 Å². The van der Waals surface area contributed by atoms with E-state index in [0.29, 0.717) is 25.3 Å². The molecule has 1 fully saturated rings. The number of nitrogens with zero attached hydrogens (tertiary/aromatic N) is 3. The lowest BCUT2D eigenvalue weighted by atomic mass is 10.2. The summed E-state index contributed by atoms with van der Waals surface area (Å²) in [7, 11) is 0. The van der Waals surface area contributed by atoms with Gasteiger partial charge in [-0.3, -0.25) is 15.0 Å². The van der Waals surface area contributed by atoms with Crippen LogP contribution in [0.2, 0.25) is 0 Å². The molecule has 1 N–H and O–H groups in total. The van der Waals surface area contributed by atoms with Crippen LogP contribution in [0.15, 0.2) is 18.2 Å². The number of β-amino-alcohol motifs (C(OH)–C–C–N with tert-alkyl or cyclic N) is 1. The van der Waals surface area contributed by atoms with Crippen LogP contribution in [0.25, 0.3) is 0 Å². The normalized spacial score (nSPS) is 16.6. The lowest BCUT2D eigenvalue weighted by molar-refractivity contribution is -0.385. The first kappa shape index (κ1) is 13.7. The van der Waals surface area contributed by atoms with E-state index in [-0.39, 0.29) is 12.3 Å². The molecule has 0 amide bonds. The molecule has 0 radical (unpaired) electrons. The summed E-state index contributed by atoms with van der Waals surface area (Å²) in [5, 5.41) is 19.6. The van der Waals surface area contributed by atoms with Gasteiger partial charge in [0.1, 0.15) is 5.82 Å². The Labute approximate surface area is 110 Å². The summed E-state index contributed by atoms with van der Waals surface area (Å²) < 4.78 is 13.4. The molecule has 0 unspecified atom stereocenters. The van der Waals surface area contributed by atoms with Gasteiger partial charge in [-0.15, -0.1) is 0 Å². The monoisotopic (exact) mass is 269 g/mol. The summed E-state index contributed by atoms with van der Waals surface area (Å²) in [5.41, 5.74) is 0.308. The van der Waals surface area contributed by atoms with Gasteiger partial charge in [0.2, 0.25) is 0 Å². The fraction of sp³-hybridized carbons (Fsp3) is 0.500. The Kier molecular flexibility index (Phi) is 4.28. The Morgan fingerprint density at radius 2 is 1.95 bits per heavy atom. The Balaban J connectivity index is 2.09. The number of hydrogen-bond acceptors (Lipinski definition) is 5. The highest BCUT2D eigenvalue weighted by Crippen LogP contribution is 2.24. The predicted molar refractivity (Wildman–Crippen MR) is 68.8 cm³/mol. The summed E-state index contributed by atoms with van der Waals surface area (Å²) in [6.07, 6.45) is 0. The number of piperazine rings is 1. The van der Waals surface area contributed by atoms with E-state index in [4.69, 9.17) is 5.11 Å². The summed E-state index contributed by atoms with van der Waals surface area (Å²) in [6.45, 7) is 3.58. The molecule has 1 aromatic carbocycles. The van der Waals surface area contributed by atoms with Gasteiger partial charge in [-0.05, 0) is 6.07 Å². The maximum atomic E-state index is 13.4. The van der Waals surface area contributed by atoms with E-state index in [1.807, 2.05) is 4.90 Å². The molecule has 0 atom stereocenters. The SMILES string of the molecule is O=[N+]([O-])c1cc(F)cc(N2CCN(CCO)CC2)c1. The molecule has 0 bridgehead atoms. The van der Waals surface area contributed by atoms with Crippen molar-refractivity contribution in [1.29, 1.82) is 0 Å². The smallest absolute Gasteiger partial charge is 0.274 e. The highest BCUT2D eigenvalue weighted by molar-refractivity contribution is 5.54. The van der Waals surface area contributed by atoms with Crippen LogP contribution in [0, 0.1) is 15.9 Å². The first-order valence-corrected chi connectivity index (χ1v) is 6.13. The number of benzene rings is 1. The minimum Gasteiger partial charge on any atom is -0.395 e. The highest BCUT2D eigenvalue weighted by atomic mass is 19.1. The average Bonchev–Trinajstić information content (AvgIpc) is 2.39. The number of aliphatic hydroxyl groups excluding tert-OH is 1. The van der Waals surface area contributed by atoms with Crippen LogP contribution in [-0.4, -0.2) is 54.3 Å². The summed E-state index contributed by atoms with van der Waals surface area (Å²) >= 11 is 0. The molecule has 19 heavy (non-hydrogen) atoms. The van der Waals surface area contributed by atoms with Gasteiger partial charge in [0, 0.05) is 44.5 Å². The van der Waals surface area contributed by atoms with Crippen molar-refractivity contribution in [2.24, 2.45) is 0 Å². The third-order valence-corrected chi connectivity index (χ3v) is 3.23. The van der Waals surface area contributed by atoms with Crippen LogP contribution in [0.1, 0.15) is 0 Å². The molecule has 1 aliphatic rings. The average molecular weight is 269 g/mol. The maximum Gasteiger partial charge on any atom is 0.274 e. The van der Waals surface area contributed by atoms with Crippen molar-refractivity contribution in [3.05, 3.63) is 34.1 Å². The Morgan fingerprint density at radius 1 is 1.26 bits per heavy atom. The van der Waals surface area contributed by atoms with Crippen molar-refractivity contribution in [1.82, 2.24) is 4.90 Å². The van der Waals surface area contributed by atoms with Gasteiger partial charge in [-0.25, -0.2) is 4.39 Å². The van der Waals surface area contributed by atoms with E-state index in [0.717, 1.165) is 19.2 Å². The highest BCUT2D eigenvalue weighted by Gasteiger charge is 2.19. The van der Waals surface area contributed by atoms with Crippen molar-refractivity contribution >= 4 is 11.4 Å². The second-order valence-electron chi connectivity index (χ2n) is 4.48. The van der Waals surface area contributed by atoms with Crippen LogP contribution >= 0.6 is 0 Å². The quantitative estimate of drug-likeness (QED) is 0.648. The maximum absolute atomic E-state index is 13.4. The fourth-order valence-electron chi connectivity index (χ4n) is 2.22. The largest absolute Gasteiger partial charge is 0.395 e. The van der Waals surface area contributed by atoms with Crippen LogP contribution in [0.4, 0.5) is 15.8 Å². The van der Waals surface area contributed by atoms with Crippen LogP contribution < -0.4 is 4.90 Å². The molecule has 2 rings (SSSR count). The number of anilines is 1. The first-order chi connectivity index (χ1) is 9.10. The minimum atomic E-state index is -0.595.